The monoisotopic (exact) mass is 420 g/mol. The molecule has 0 saturated carbocycles. The molecule has 29 heavy (non-hydrogen) atoms. The Hall–Kier alpha value is -2.62. The number of carbonyl (C=O) groups excluding carboxylic acids is 1. The van der Waals surface area contributed by atoms with Crippen LogP contribution in [0.3, 0.4) is 0 Å². The van der Waals surface area contributed by atoms with E-state index < -0.39 is 5.97 Å². The Labute approximate surface area is 174 Å². The van der Waals surface area contributed by atoms with Crippen molar-refractivity contribution in [3.05, 3.63) is 29.0 Å². The molecule has 9 nitrogen and oxygen atoms in total. The average Bonchev–Trinajstić information content (AvgIpc) is 3.37. The molecule has 0 unspecified atom stereocenters. The molecule has 10 heteroatoms. The number of aryl methyl sites for hydroxylation is 2. The lowest BCUT2D eigenvalue weighted by Crippen LogP contribution is -2.52. The number of hydrogen-bond acceptors (Lipinski definition) is 8. The molecule has 2 aromatic rings. The van der Waals surface area contributed by atoms with Crippen LogP contribution in [-0.4, -0.2) is 66.0 Å². The summed E-state index contributed by atoms with van der Waals surface area (Å²) >= 11 is 1.47. The van der Waals surface area contributed by atoms with Crippen LogP contribution >= 0.6 is 11.5 Å². The van der Waals surface area contributed by atoms with Crippen LogP contribution in [0.5, 0.6) is 0 Å². The van der Waals surface area contributed by atoms with E-state index >= 15 is 0 Å². The minimum absolute atomic E-state index is 0.358. The van der Waals surface area contributed by atoms with Gasteiger partial charge in [0.05, 0.1) is 7.11 Å². The summed E-state index contributed by atoms with van der Waals surface area (Å²) in [5.41, 5.74) is 0.444. The number of methoxy groups -OCH3 is 1. The van der Waals surface area contributed by atoms with Gasteiger partial charge in [-0.05, 0) is 19.9 Å². The molecule has 1 aliphatic heterocycles. The minimum atomic E-state index is -0.396. The van der Waals surface area contributed by atoms with E-state index in [2.05, 4.69) is 31.4 Å². The minimum Gasteiger partial charge on any atom is -0.465 e. The van der Waals surface area contributed by atoms with Crippen molar-refractivity contribution in [1.29, 1.82) is 0 Å². The van der Waals surface area contributed by atoms with E-state index in [0.717, 1.165) is 56.1 Å². The van der Waals surface area contributed by atoms with Crippen molar-refractivity contribution in [3.63, 3.8) is 0 Å². The van der Waals surface area contributed by atoms with Gasteiger partial charge in [0.15, 0.2) is 5.96 Å². The highest BCUT2D eigenvalue weighted by Crippen LogP contribution is 2.20. The topological polar surface area (TPSA) is 96.1 Å². The van der Waals surface area contributed by atoms with Gasteiger partial charge in [-0.25, -0.2) is 14.8 Å². The Morgan fingerprint density at radius 3 is 2.72 bits per heavy atom. The molecular formula is C19H28N6O3S. The zero-order valence-electron chi connectivity index (χ0n) is 17.4. The highest BCUT2D eigenvalue weighted by atomic mass is 32.1. The van der Waals surface area contributed by atoms with Crippen LogP contribution in [0.25, 0.3) is 0 Å². The number of anilines is 1. The van der Waals surface area contributed by atoms with Gasteiger partial charge >= 0.3 is 5.97 Å². The SMILES string of the molecule is CCNC(=NCc1cc(C(=O)OC)c(C)o1)N1CCN(c2nc(CC)ns2)CC1. The van der Waals surface area contributed by atoms with Crippen LogP contribution in [0, 0.1) is 6.92 Å². The van der Waals surface area contributed by atoms with Crippen molar-refractivity contribution < 1.29 is 13.9 Å². The molecule has 1 aliphatic rings. The Morgan fingerprint density at radius 2 is 2.10 bits per heavy atom. The Kier molecular flexibility index (Phi) is 7.08. The first-order chi connectivity index (χ1) is 14.0. The average molecular weight is 421 g/mol. The van der Waals surface area contributed by atoms with E-state index in [1.165, 1.54) is 18.6 Å². The normalized spacial score (nSPS) is 15.0. The second-order valence-corrected chi connectivity index (χ2v) is 7.40. The first kappa shape index (κ1) is 21.1. The summed E-state index contributed by atoms with van der Waals surface area (Å²) in [6.07, 6.45) is 0.859. The molecule has 158 valence electrons. The number of guanidine groups is 1. The summed E-state index contributed by atoms with van der Waals surface area (Å²) < 4.78 is 14.8. The van der Waals surface area contributed by atoms with Crippen LogP contribution in [-0.2, 0) is 17.7 Å². The van der Waals surface area contributed by atoms with Gasteiger partial charge in [-0.2, -0.15) is 4.37 Å². The van der Waals surface area contributed by atoms with Crippen molar-refractivity contribution >= 4 is 28.6 Å². The number of piperazine rings is 1. The molecule has 0 radical (unpaired) electrons. The molecule has 3 heterocycles. The molecule has 1 saturated heterocycles. The smallest absolute Gasteiger partial charge is 0.341 e. The highest BCUT2D eigenvalue weighted by Gasteiger charge is 2.22. The van der Waals surface area contributed by atoms with E-state index in [9.17, 15) is 4.79 Å². The third-order valence-corrected chi connectivity index (χ3v) is 5.53. The largest absolute Gasteiger partial charge is 0.465 e. The van der Waals surface area contributed by atoms with Crippen molar-refractivity contribution in [2.24, 2.45) is 4.99 Å². The molecule has 3 rings (SSSR count). The number of hydrogen-bond donors (Lipinski definition) is 1. The lowest BCUT2D eigenvalue weighted by Gasteiger charge is -2.36. The second-order valence-electron chi connectivity index (χ2n) is 6.67. The van der Waals surface area contributed by atoms with Gasteiger partial charge in [0.25, 0.3) is 0 Å². The summed E-state index contributed by atoms with van der Waals surface area (Å²) in [6, 6.07) is 1.70. The molecule has 1 N–H and O–H groups in total. The van der Waals surface area contributed by atoms with Crippen LogP contribution < -0.4 is 10.2 Å². The van der Waals surface area contributed by atoms with Crippen molar-refractivity contribution in [3.8, 4) is 0 Å². The summed E-state index contributed by atoms with van der Waals surface area (Å²) in [6.45, 7) is 10.4. The van der Waals surface area contributed by atoms with Crippen LogP contribution in [0.4, 0.5) is 5.13 Å². The summed E-state index contributed by atoms with van der Waals surface area (Å²) in [4.78, 5) is 25.5. The van der Waals surface area contributed by atoms with Gasteiger partial charge in [0.1, 0.15) is 29.5 Å². The molecule has 0 atom stereocenters. The first-order valence-electron chi connectivity index (χ1n) is 9.84. The molecule has 0 spiro atoms. The maximum Gasteiger partial charge on any atom is 0.341 e. The number of furan rings is 1. The third kappa shape index (κ3) is 5.06. The van der Waals surface area contributed by atoms with Gasteiger partial charge in [-0.1, -0.05) is 6.92 Å². The summed E-state index contributed by atoms with van der Waals surface area (Å²) in [5.74, 6) is 2.53. The van der Waals surface area contributed by atoms with Crippen LogP contribution in [0.15, 0.2) is 15.5 Å². The van der Waals surface area contributed by atoms with Crippen molar-refractivity contribution in [1.82, 2.24) is 19.6 Å². The maximum atomic E-state index is 11.8. The zero-order chi connectivity index (χ0) is 20.8. The fraction of sp³-hybridized carbons (Fsp3) is 0.579. The fourth-order valence-electron chi connectivity index (χ4n) is 3.14. The molecule has 0 amide bonds. The first-order valence-corrected chi connectivity index (χ1v) is 10.6. The predicted molar refractivity (Wildman–Crippen MR) is 113 cm³/mol. The summed E-state index contributed by atoms with van der Waals surface area (Å²) in [7, 11) is 1.36. The maximum absolute atomic E-state index is 11.8. The van der Waals surface area contributed by atoms with E-state index in [1.54, 1.807) is 13.0 Å². The number of carbonyl (C=O) groups is 1. The Balaban J connectivity index is 1.63. The van der Waals surface area contributed by atoms with Crippen molar-refractivity contribution in [2.75, 3.05) is 44.7 Å². The standard InChI is InChI=1S/C19H28N6O3S/c1-5-16-22-19(29-23-16)25-9-7-24(8-10-25)18(20-6-2)21-12-14-11-15(13(3)28-14)17(26)27-4/h11H,5-10,12H2,1-4H3,(H,20,21). The van der Waals surface area contributed by atoms with Gasteiger partial charge in [0, 0.05) is 50.7 Å². The molecule has 2 aromatic heterocycles. The quantitative estimate of drug-likeness (QED) is 0.431. The van der Waals surface area contributed by atoms with Gasteiger partial charge in [0.2, 0.25) is 5.13 Å². The molecule has 0 aromatic carbocycles. The van der Waals surface area contributed by atoms with Gasteiger partial charge < -0.3 is 24.3 Å². The Morgan fingerprint density at radius 1 is 1.34 bits per heavy atom. The lowest BCUT2D eigenvalue weighted by atomic mass is 10.2. The van der Waals surface area contributed by atoms with E-state index in [0.29, 0.717) is 23.6 Å². The van der Waals surface area contributed by atoms with E-state index in [-0.39, 0.29) is 0 Å². The van der Waals surface area contributed by atoms with Crippen LogP contribution in [0.1, 0.15) is 41.6 Å². The second kappa shape index (κ2) is 9.73. The fourth-order valence-corrected chi connectivity index (χ4v) is 3.94. The third-order valence-electron chi connectivity index (χ3n) is 4.72. The number of ether oxygens (including phenoxy) is 1. The lowest BCUT2D eigenvalue weighted by molar-refractivity contribution is 0.0599. The molecular weight excluding hydrogens is 392 g/mol. The van der Waals surface area contributed by atoms with E-state index in [1.807, 2.05) is 6.92 Å². The number of aromatic nitrogens is 2. The van der Waals surface area contributed by atoms with Gasteiger partial charge in [-0.15, -0.1) is 0 Å². The molecule has 0 bridgehead atoms. The molecule has 1 fully saturated rings. The van der Waals surface area contributed by atoms with Crippen molar-refractivity contribution in [2.45, 2.75) is 33.7 Å². The van der Waals surface area contributed by atoms with Gasteiger partial charge in [-0.3, -0.25) is 0 Å². The summed E-state index contributed by atoms with van der Waals surface area (Å²) in [5, 5.41) is 4.34. The number of nitrogens with zero attached hydrogens (tertiary/aromatic N) is 5. The number of rotatable bonds is 6. The predicted octanol–water partition coefficient (Wildman–Crippen LogP) is 2.08. The highest BCUT2D eigenvalue weighted by molar-refractivity contribution is 7.09. The number of nitrogens with one attached hydrogen (secondary N) is 1. The van der Waals surface area contributed by atoms with Crippen LogP contribution in [0.2, 0.25) is 0 Å². The van der Waals surface area contributed by atoms with E-state index in [4.69, 9.17) is 14.1 Å². The Bertz CT molecular complexity index is 854. The number of esters is 1. The zero-order valence-corrected chi connectivity index (χ0v) is 18.2. The molecule has 0 aliphatic carbocycles. The number of aliphatic imine (C=N–C) groups is 1.